The van der Waals surface area contributed by atoms with E-state index in [4.69, 9.17) is 27.9 Å². The zero-order valence-electron chi connectivity index (χ0n) is 11.6. The lowest BCUT2D eigenvalue weighted by molar-refractivity contribution is 0.0632. The lowest BCUT2D eigenvalue weighted by Gasteiger charge is -2.30. The monoisotopic (exact) mass is 353 g/mol. The number of halogens is 2. The highest BCUT2D eigenvalue weighted by Crippen LogP contribution is 2.32. The molecule has 1 heterocycles. The van der Waals surface area contributed by atoms with Gasteiger partial charge in [0, 0.05) is 31.3 Å². The largest absolute Gasteiger partial charge is 0.392 e. The van der Waals surface area contributed by atoms with Crippen LogP contribution in [-0.4, -0.2) is 44.1 Å². The molecule has 118 valence electrons. The molecular formula is C13H17Cl2NO4S. The van der Waals surface area contributed by atoms with Crippen molar-refractivity contribution in [3.63, 3.8) is 0 Å². The van der Waals surface area contributed by atoms with Crippen molar-refractivity contribution in [1.82, 2.24) is 4.31 Å². The van der Waals surface area contributed by atoms with Crippen LogP contribution in [0.2, 0.25) is 10.0 Å². The molecule has 1 aliphatic rings. The van der Waals surface area contributed by atoms with E-state index in [0.29, 0.717) is 31.6 Å². The van der Waals surface area contributed by atoms with Crippen LogP contribution >= 0.6 is 23.2 Å². The van der Waals surface area contributed by atoms with Gasteiger partial charge in [-0.3, -0.25) is 0 Å². The summed E-state index contributed by atoms with van der Waals surface area (Å²) < 4.78 is 32.0. The number of ether oxygens (including phenoxy) is 1. The first-order valence-electron chi connectivity index (χ1n) is 6.52. The van der Waals surface area contributed by atoms with E-state index in [1.807, 2.05) is 0 Å². The fourth-order valence-corrected chi connectivity index (χ4v) is 4.64. The second-order valence-corrected chi connectivity index (χ2v) is 7.68. The van der Waals surface area contributed by atoms with E-state index in [2.05, 4.69) is 0 Å². The lowest BCUT2D eigenvalue weighted by atomic mass is 10.1. The number of sulfonamides is 1. The molecule has 0 radical (unpaired) electrons. The Labute approximate surface area is 134 Å². The second kappa shape index (κ2) is 6.81. The molecular weight excluding hydrogens is 337 g/mol. The lowest BCUT2D eigenvalue weighted by Crippen LogP contribution is -2.40. The second-order valence-electron chi connectivity index (χ2n) is 4.90. The Morgan fingerprint density at radius 2 is 1.95 bits per heavy atom. The van der Waals surface area contributed by atoms with Gasteiger partial charge in [-0.05, 0) is 30.5 Å². The van der Waals surface area contributed by atoms with Gasteiger partial charge >= 0.3 is 0 Å². The van der Waals surface area contributed by atoms with E-state index in [1.165, 1.54) is 23.5 Å². The Kier molecular flexibility index (Phi) is 5.51. The number of hydrogen-bond donors (Lipinski definition) is 1. The van der Waals surface area contributed by atoms with Crippen LogP contribution < -0.4 is 0 Å². The van der Waals surface area contributed by atoms with Crippen LogP contribution in [0.1, 0.15) is 18.4 Å². The molecule has 0 aliphatic carbocycles. The van der Waals surface area contributed by atoms with Gasteiger partial charge in [-0.1, -0.05) is 23.2 Å². The molecule has 1 saturated heterocycles. The van der Waals surface area contributed by atoms with Crippen molar-refractivity contribution >= 4 is 33.2 Å². The third-order valence-corrected chi connectivity index (χ3v) is 6.32. The quantitative estimate of drug-likeness (QED) is 0.901. The Morgan fingerprint density at radius 1 is 1.33 bits per heavy atom. The molecule has 0 aromatic heterocycles. The first-order chi connectivity index (χ1) is 9.87. The Hall–Kier alpha value is -0.370. The van der Waals surface area contributed by atoms with Crippen molar-refractivity contribution in [2.24, 2.45) is 0 Å². The summed E-state index contributed by atoms with van der Waals surface area (Å²) in [5.41, 5.74) is 0.295. The van der Waals surface area contributed by atoms with E-state index < -0.39 is 10.0 Å². The molecule has 0 saturated carbocycles. The third-order valence-electron chi connectivity index (χ3n) is 3.61. The van der Waals surface area contributed by atoms with E-state index in [9.17, 15) is 13.5 Å². The first kappa shape index (κ1) is 17.0. The van der Waals surface area contributed by atoms with Gasteiger partial charge < -0.3 is 9.84 Å². The SMILES string of the molecule is CN(C1CCOCC1)S(=O)(=O)c1cc(Cl)cc(CO)c1Cl. The molecule has 1 aliphatic heterocycles. The summed E-state index contributed by atoms with van der Waals surface area (Å²) in [6.07, 6.45) is 1.28. The average molecular weight is 354 g/mol. The maximum atomic E-state index is 12.7. The van der Waals surface area contributed by atoms with Crippen LogP contribution in [0.15, 0.2) is 17.0 Å². The average Bonchev–Trinajstić information content (AvgIpc) is 2.49. The van der Waals surface area contributed by atoms with Gasteiger partial charge in [0.1, 0.15) is 4.90 Å². The molecule has 0 atom stereocenters. The van der Waals surface area contributed by atoms with Crippen LogP contribution in [0.4, 0.5) is 0 Å². The molecule has 1 aromatic carbocycles. The fraction of sp³-hybridized carbons (Fsp3) is 0.538. The van der Waals surface area contributed by atoms with Gasteiger partial charge in [-0.15, -0.1) is 0 Å². The smallest absolute Gasteiger partial charge is 0.244 e. The van der Waals surface area contributed by atoms with Gasteiger partial charge in [0.15, 0.2) is 0 Å². The number of aliphatic hydroxyl groups is 1. The zero-order chi connectivity index (χ0) is 15.6. The number of aliphatic hydroxyl groups excluding tert-OH is 1. The molecule has 1 N–H and O–H groups in total. The topological polar surface area (TPSA) is 66.8 Å². The van der Waals surface area contributed by atoms with Gasteiger partial charge in [0.05, 0.1) is 11.6 Å². The predicted octanol–water partition coefficient (Wildman–Crippen LogP) is 2.29. The van der Waals surface area contributed by atoms with Gasteiger partial charge in [-0.2, -0.15) is 4.31 Å². The normalized spacial score (nSPS) is 17.4. The van der Waals surface area contributed by atoms with Crippen LogP contribution in [0.5, 0.6) is 0 Å². The number of rotatable bonds is 4. The van der Waals surface area contributed by atoms with E-state index in [0.717, 1.165) is 0 Å². The summed E-state index contributed by atoms with van der Waals surface area (Å²) in [5.74, 6) is 0. The molecule has 0 unspecified atom stereocenters. The molecule has 21 heavy (non-hydrogen) atoms. The highest BCUT2D eigenvalue weighted by molar-refractivity contribution is 7.89. The predicted molar refractivity (Wildman–Crippen MR) is 81.2 cm³/mol. The molecule has 1 aromatic rings. The molecule has 2 rings (SSSR count). The molecule has 5 nitrogen and oxygen atoms in total. The van der Waals surface area contributed by atoms with Crippen molar-refractivity contribution in [3.05, 3.63) is 27.7 Å². The van der Waals surface area contributed by atoms with Crippen LogP contribution in [-0.2, 0) is 21.4 Å². The van der Waals surface area contributed by atoms with E-state index in [-0.39, 0.29) is 27.6 Å². The standard InChI is InChI=1S/C13H17Cl2NO4S/c1-16(11-2-4-20-5-3-11)21(18,19)12-7-10(14)6-9(8-17)13(12)15/h6-7,11,17H,2-5,8H2,1H3. The molecule has 1 fully saturated rings. The van der Waals surface area contributed by atoms with Crippen molar-refractivity contribution < 1.29 is 18.3 Å². The summed E-state index contributed by atoms with van der Waals surface area (Å²) in [5, 5.41) is 9.49. The van der Waals surface area contributed by atoms with E-state index in [1.54, 1.807) is 0 Å². The minimum atomic E-state index is -3.77. The van der Waals surface area contributed by atoms with Gasteiger partial charge in [0.2, 0.25) is 10.0 Å². The summed E-state index contributed by atoms with van der Waals surface area (Å²) in [6.45, 7) is 0.703. The highest BCUT2D eigenvalue weighted by atomic mass is 35.5. The van der Waals surface area contributed by atoms with Crippen molar-refractivity contribution in [1.29, 1.82) is 0 Å². The molecule has 0 spiro atoms. The van der Waals surface area contributed by atoms with Crippen molar-refractivity contribution in [3.8, 4) is 0 Å². The number of hydrogen-bond acceptors (Lipinski definition) is 4. The molecule has 8 heteroatoms. The minimum absolute atomic E-state index is 0.0146. The highest BCUT2D eigenvalue weighted by Gasteiger charge is 2.31. The number of benzene rings is 1. The van der Waals surface area contributed by atoms with Crippen molar-refractivity contribution in [2.75, 3.05) is 20.3 Å². The number of nitrogens with zero attached hydrogens (tertiary/aromatic N) is 1. The maximum absolute atomic E-state index is 12.7. The molecule has 0 amide bonds. The Balaban J connectivity index is 2.41. The van der Waals surface area contributed by atoms with Crippen LogP contribution in [0.3, 0.4) is 0 Å². The Bertz CT molecular complexity index is 615. The summed E-state index contributed by atoms with van der Waals surface area (Å²) in [7, 11) is -2.25. The summed E-state index contributed by atoms with van der Waals surface area (Å²) in [6, 6.07) is 2.64. The summed E-state index contributed by atoms with van der Waals surface area (Å²) >= 11 is 12.0. The maximum Gasteiger partial charge on any atom is 0.244 e. The van der Waals surface area contributed by atoms with Crippen LogP contribution in [0, 0.1) is 0 Å². The summed E-state index contributed by atoms with van der Waals surface area (Å²) in [4.78, 5) is -0.0743. The third kappa shape index (κ3) is 3.52. The van der Waals surface area contributed by atoms with E-state index >= 15 is 0 Å². The van der Waals surface area contributed by atoms with Gasteiger partial charge in [-0.25, -0.2) is 8.42 Å². The zero-order valence-corrected chi connectivity index (χ0v) is 13.9. The molecule has 0 bridgehead atoms. The van der Waals surface area contributed by atoms with Crippen molar-refractivity contribution in [2.45, 2.75) is 30.4 Å². The minimum Gasteiger partial charge on any atom is -0.392 e. The Morgan fingerprint density at radius 3 is 2.52 bits per heavy atom. The first-order valence-corrected chi connectivity index (χ1v) is 8.72. The fourth-order valence-electron chi connectivity index (χ4n) is 2.32. The van der Waals surface area contributed by atoms with Crippen LogP contribution in [0.25, 0.3) is 0 Å². The van der Waals surface area contributed by atoms with Gasteiger partial charge in [0.25, 0.3) is 0 Å².